The molecule has 1 aromatic heterocycles. The molecule has 2 aromatic carbocycles. The lowest BCUT2D eigenvalue weighted by atomic mass is 10.1. The molecular formula is C16H14N4O. The van der Waals surface area contributed by atoms with Crippen LogP contribution in [-0.2, 0) is 0 Å². The SMILES string of the molecule is CC(=N)c1ccc(Nc2nnc(-c3ccccc3)o2)cc1. The van der Waals surface area contributed by atoms with Gasteiger partial charge in [0.05, 0.1) is 0 Å². The highest BCUT2D eigenvalue weighted by molar-refractivity contribution is 5.96. The van der Waals surface area contributed by atoms with Crippen LogP contribution in [0.5, 0.6) is 0 Å². The maximum absolute atomic E-state index is 7.56. The Bertz CT molecular complexity index is 747. The standard InChI is InChI=1S/C16H14N4O/c1-11(17)12-7-9-14(10-8-12)18-16-20-19-15(21-16)13-5-3-2-4-6-13/h2-10,17H,1H3,(H,18,20). The van der Waals surface area contributed by atoms with Crippen LogP contribution < -0.4 is 5.32 Å². The third-order valence-corrected chi connectivity index (χ3v) is 3.01. The number of anilines is 2. The zero-order valence-electron chi connectivity index (χ0n) is 11.5. The van der Waals surface area contributed by atoms with Crippen molar-refractivity contribution in [2.45, 2.75) is 6.92 Å². The van der Waals surface area contributed by atoms with Crippen molar-refractivity contribution in [3.05, 3.63) is 60.2 Å². The summed E-state index contributed by atoms with van der Waals surface area (Å²) >= 11 is 0. The number of rotatable bonds is 4. The second-order valence-corrected chi connectivity index (χ2v) is 4.61. The average Bonchev–Trinajstić information content (AvgIpc) is 2.97. The average molecular weight is 278 g/mol. The van der Waals surface area contributed by atoms with Gasteiger partial charge in [-0.3, -0.25) is 0 Å². The van der Waals surface area contributed by atoms with Gasteiger partial charge in [0.2, 0.25) is 5.89 Å². The van der Waals surface area contributed by atoms with Crippen LogP contribution in [0.3, 0.4) is 0 Å². The maximum Gasteiger partial charge on any atom is 0.320 e. The van der Waals surface area contributed by atoms with Crippen molar-refractivity contribution >= 4 is 17.4 Å². The molecule has 0 spiro atoms. The zero-order valence-corrected chi connectivity index (χ0v) is 11.5. The van der Waals surface area contributed by atoms with E-state index in [1.807, 2.05) is 54.6 Å². The van der Waals surface area contributed by atoms with Crippen molar-refractivity contribution < 1.29 is 4.42 Å². The Kier molecular flexibility index (Phi) is 3.47. The molecule has 1 heterocycles. The van der Waals surface area contributed by atoms with E-state index in [-0.39, 0.29) is 0 Å². The largest absolute Gasteiger partial charge is 0.403 e. The van der Waals surface area contributed by atoms with Crippen LogP contribution in [0.25, 0.3) is 11.5 Å². The molecule has 0 bridgehead atoms. The van der Waals surface area contributed by atoms with Gasteiger partial charge in [-0.05, 0) is 36.8 Å². The summed E-state index contributed by atoms with van der Waals surface area (Å²) in [6, 6.07) is 17.4. The Balaban J connectivity index is 1.77. The summed E-state index contributed by atoms with van der Waals surface area (Å²) in [5.74, 6) is 0.477. The normalized spacial score (nSPS) is 10.3. The summed E-state index contributed by atoms with van der Waals surface area (Å²) in [6.07, 6.45) is 0. The van der Waals surface area contributed by atoms with Gasteiger partial charge in [0.1, 0.15) is 0 Å². The van der Waals surface area contributed by atoms with Crippen molar-refractivity contribution in [1.82, 2.24) is 10.2 Å². The van der Waals surface area contributed by atoms with Crippen molar-refractivity contribution in [2.75, 3.05) is 5.32 Å². The van der Waals surface area contributed by atoms with Crippen LogP contribution >= 0.6 is 0 Å². The van der Waals surface area contributed by atoms with Gasteiger partial charge in [-0.15, -0.1) is 5.10 Å². The smallest absolute Gasteiger partial charge is 0.320 e. The van der Waals surface area contributed by atoms with Crippen LogP contribution in [0.15, 0.2) is 59.0 Å². The molecule has 0 unspecified atom stereocenters. The minimum absolute atomic E-state index is 0.341. The van der Waals surface area contributed by atoms with Crippen LogP contribution in [0.4, 0.5) is 11.7 Å². The first-order valence-corrected chi connectivity index (χ1v) is 6.54. The van der Waals surface area contributed by atoms with Crippen LogP contribution in [-0.4, -0.2) is 15.9 Å². The topological polar surface area (TPSA) is 74.8 Å². The predicted octanol–water partition coefficient (Wildman–Crippen LogP) is 3.87. The first-order valence-electron chi connectivity index (χ1n) is 6.54. The number of hydrogen-bond acceptors (Lipinski definition) is 5. The highest BCUT2D eigenvalue weighted by Crippen LogP contribution is 2.21. The summed E-state index contributed by atoms with van der Waals surface area (Å²) in [5, 5.41) is 18.6. The molecule has 0 aliphatic carbocycles. The van der Waals surface area contributed by atoms with E-state index in [2.05, 4.69) is 15.5 Å². The number of aromatic nitrogens is 2. The van der Waals surface area contributed by atoms with E-state index in [9.17, 15) is 0 Å². The third kappa shape index (κ3) is 2.97. The molecule has 0 aliphatic rings. The molecule has 104 valence electrons. The highest BCUT2D eigenvalue weighted by Gasteiger charge is 2.08. The van der Waals surface area contributed by atoms with Gasteiger partial charge in [-0.25, -0.2) is 0 Å². The van der Waals surface area contributed by atoms with E-state index in [0.29, 0.717) is 17.6 Å². The second-order valence-electron chi connectivity index (χ2n) is 4.61. The number of nitrogens with zero attached hydrogens (tertiary/aromatic N) is 2. The summed E-state index contributed by atoms with van der Waals surface area (Å²) in [4.78, 5) is 0. The van der Waals surface area contributed by atoms with Crippen molar-refractivity contribution in [1.29, 1.82) is 5.41 Å². The first-order chi connectivity index (χ1) is 10.2. The molecule has 0 saturated heterocycles. The molecule has 21 heavy (non-hydrogen) atoms. The lowest BCUT2D eigenvalue weighted by Crippen LogP contribution is -1.94. The van der Waals surface area contributed by atoms with E-state index in [4.69, 9.17) is 9.83 Å². The molecule has 0 radical (unpaired) electrons. The fourth-order valence-corrected chi connectivity index (χ4v) is 1.90. The molecule has 0 aliphatic heterocycles. The Morgan fingerprint density at radius 2 is 1.71 bits per heavy atom. The molecule has 5 nitrogen and oxygen atoms in total. The molecule has 3 rings (SSSR count). The molecule has 3 aromatic rings. The van der Waals surface area contributed by atoms with Gasteiger partial charge in [-0.1, -0.05) is 35.4 Å². The minimum atomic E-state index is 0.341. The predicted molar refractivity (Wildman–Crippen MR) is 82.0 cm³/mol. The third-order valence-electron chi connectivity index (χ3n) is 3.01. The molecule has 0 atom stereocenters. The summed E-state index contributed by atoms with van der Waals surface area (Å²) < 4.78 is 5.58. The van der Waals surface area contributed by atoms with Crippen molar-refractivity contribution in [3.8, 4) is 11.5 Å². The van der Waals surface area contributed by atoms with Crippen LogP contribution in [0.1, 0.15) is 12.5 Å². The molecule has 0 amide bonds. The zero-order chi connectivity index (χ0) is 14.7. The maximum atomic E-state index is 7.56. The lowest BCUT2D eigenvalue weighted by molar-refractivity contribution is 0.587. The van der Waals surface area contributed by atoms with Crippen LogP contribution in [0, 0.1) is 5.41 Å². The van der Waals surface area contributed by atoms with Gasteiger partial charge in [0.15, 0.2) is 0 Å². The Hall–Kier alpha value is -2.95. The Morgan fingerprint density at radius 1 is 1.00 bits per heavy atom. The fraction of sp³-hybridized carbons (Fsp3) is 0.0625. The van der Waals surface area contributed by atoms with Crippen molar-refractivity contribution in [2.24, 2.45) is 0 Å². The molecule has 0 fully saturated rings. The van der Waals surface area contributed by atoms with E-state index in [1.54, 1.807) is 6.92 Å². The van der Waals surface area contributed by atoms with E-state index in [0.717, 1.165) is 16.8 Å². The molecular weight excluding hydrogens is 264 g/mol. The van der Waals surface area contributed by atoms with Gasteiger partial charge in [-0.2, -0.15) is 0 Å². The molecule has 0 saturated carbocycles. The first kappa shape index (κ1) is 13.1. The summed E-state index contributed by atoms with van der Waals surface area (Å²) in [6.45, 7) is 1.76. The molecule has 5 heteroatoms. The second kappa shape index (κ2) is 5.58. The van der Waals surface area contributed by atoms with Gasteiger partial charge < -0.3 is 15.1 Å². The lowest BCUT2D eigenvalue weighted by Gasteiger charge is -2.02. The monoisotopic (exact) mass is 278 g/mol. The minimum Gasteiger partial charge on any atom is -0.403 e. The van der Waals surface area contributed by atoms with Gasteiger partial charge >= 0.3 is 6.01 Å². The Morgan fingerprint density at radius 3 is 2.38 bits per heavy atom. The van der Waals surface area contributed by atoms with Crippen molar-refractivity contribution in [3.63, 3.8) is 0 Å². The van der Waals surface area contributed by atoms with Gasteiger partial charge in [0, 0.05) is 17.0 Å². The number of nitrogens with one attached hydrogen (secondary N) is 2. The molecule has 2 N–H and O–H groups in total. The highest BCUT2D eigenvalue weighted by atomic mass is 16.4. The van der Waals surface area contributed by atoms with Gasteiger partial charge in [0.25, 0.3) is 0 Å². The Labute approximate surface area is 122 Å². The number of hydrogen-bond donors (Lipinski definition) is 2. The van der Waals surface area contributed by atoms with Crippen LogP contribution in [0.2, 0.25) is 0 Å². The van der Waals surface area contributed by atoms with E-state index < -0.39 is 0 Å². The van der Waals surface area contributed by atoms with E-state index >= 15 is 0 Å². The fourth-order valence-electron chi connectivity index (χ4n) is 1.90. The quantitative estimate of drug-likeness (QED) is 0.710. The summed E-state index contributed by atoms with van der Waals surface area (Å²) in [5.41, 5.74) is 3.14. The van der Waals surface area contributed by atoms with E-state index in [1.165, 1.54) is 0 Å². The number of benzene rings is 2. The summed E-state index contributed by atoms with van der Waals surface area (Å²) in [7, 11) is 0.